The van der Waals surface area contributed by atoms with Gasteiger partial charge in [-0.2, -0.15) is 5.10 Å². The fraction of sp³-hybridized carbons (Fsp3) is 0.636. The van der Waals surface area contributed by atoms with Crippen molar-refractivity contribution in [3.63, 3.8) is 0 Å². The zero-order chi connectivity index (χ0) is 10.8. The van der Waals surface area contributed by atoms with E-state index in [2.05, 4.69) is 5.10 Å². The van der Waals surface area contributed by atoms with Crippen molar-refractivity contribution < 1.29 is 5.11 Å². The Hall–Kier alpha value is -1.16. The molecule has 1 aromatic rings. The quantitative estimate of drug-likeness (QED) is 0.750. The number of aliphatic hydroxyl groups is 1. The standard InChI is InChI=1S/C11H16N2O2/c1-8-6-7-11(15)13(12-8)9-4-2-3-5-10(9)14/h6-7,9-10,14H,2-5H2,1H3. The fourth-order valence-corrected chi connectivity index (χ4v) is 2.14. The lowest BCUT2D eigenvalue weighted by Crippen LogP contribution is -2.36. The van der Waals surface area contributed by atoms with Gasteiger partial charge in [-0.1, -0.05) is 12.8 Å². The maximum absolute atomic E-state index is 11.6. The third-order valence-corrected chi connectivity index (χ3v) is 2.97. The summed E-state index contributed by atoms with van der Waals surface area (Å²) in [4.78, 5) is 11.6. The maximum Gasteiger partial charge on any atom is 0.267 e. The fourth-order valence-electron chi connectivity index (χ4n) is 2.14. The Labute approximate surface area is 88.6 Å². The summed E-state index contributed by atoms with van der Waals surface area (Å²) in [6.45, 7) is 1.85. The van der Waals surface area contributed by atoms with Crippen LogP contribution in [-0.2, 0) is 0 Å². The Morgan fingerprint density at radius 3 is 2.87 bits per heavy atom. The first-order valence-corrected chi connectivity index (χ1v) is 5.43. The molecule has 2 unspecified atom stereocenters. The van der Waals surface area contributed by atoms with Gasteiger partial charge >= 0.3 is 0 Å². The molecule has 0 saturated heterocycles. The lowest BCUT2D eigenvalue weighted by molar-refractivity contribution is 0.0666. The van der Waals surface area contributed by atoms with Crippen molar-refractivity contribution in [3.05, 3.63) is 28.2 Å². The minimum absolute atomic E-state index is 0.119. The van der Waals surface area contributed by atoms with Crippen LogP contribution < -0.4 is 5.56 Å². The second kappa shape index (κ2) is 4.14. The molecule has 0 aliphatic heterocycles. The molecule has 0 amide bonds. The van der Waals surface area contributed by atoms with Crippen molar-refractivity contribution in [2.24, 2.45) is 0 Å². The highest BCUT2D eigenvalue weighted by molar-refractivity contribution is 4.98. The summed E-state index contributed by atoms with van der Waals surface area (Å²) < 4.78 is 1.44. The molecule has 1 N–H and O–H groups in total. The molecule has 4 nitrogen and oxygen atoms in total. The third kappa shape index (κ3) is 2.09. The minimum Gasteiger partial charge on any atom is -0.391 e. The first-order valence-electron chi connectivity index (χ1n) is 5.43. The molecule has 0 bridgehead atoms. The van der Waals surface area contributed by atoms with Crippen molar-refractivity contribution in [2.75, 3.05) is 0 Å². The largest absolute Gasteiger partial charge is 0.391 e. The van der Waals surface area contributed by atoms with Crippen LogP contribution in [0, 0.1) is 6.92 Å². The van der Waals surface area contributed by atoms with Gasteiger partial charge in [-0.25, -0.2) is 4.68 Å². The van der Waals surface area contributed by atoms with Gasteiger partial charge < -0.3 is 5.11 Å². The average Bonchev–Trinajstić information content (AvgIpc) is 2.23. The highest BCUT2D eigenvalue weighted by Gasteiger charge is 2.25. The molecule has 0 aromatic carbocycles. The number of aliphatic hydroxyl groups excluding tert-OH is 1. The van der Waals surface area contributed by atoms with Crippen LogP contribution in [0.15, 0.2) is 16.9 Å². The van der Waals surface area contributed by atoms with Crippen molar-refractivity contribution >= 4 is 0 Å². The molecule has 0 spiro atoms. The highest BCUT2D eigenvalue weighted by Crippen LogP contribution is 2.26. The van der Waals surface area contributed by atoms with E-state index in [1.54, 1.807) is 6.07 Å². The summed E-state index contributed by atoms with van der Waals surface area (Å²) >= 11 is 0. The number of aromatic nitrogens is 2. The molecule has 2 rings (SSSR count). The first kappa shape index (κ1) is 10.4. The summed E-state index contributed by atoms with van der Waals surface area (Å²) in [6.07, 6.45) is 3.29. The summed E-state index contributed by atoms with van der Waals surface area (Å²) in [5, 5.41) is 14.0. The predicted molar refractivity (Wildman–Crippen MR) is 56.7 cm³/mol. The Balaban J connectivity index is 2.35. The Kier molecular flexibility index (Phi) is 2.86. The number of rotatable bonds is 1. The summed E-state index contributed by atoms with van der Waals surface area (Å²) in [7, 11) is 0. The van der Waals surface area contributed by atoms with Gasteiger partial charge in [-0.15, -0.1) is 0 Å². The molecule has 15 heavy (non-hydrogen) atoms. The molecule has 1 saturated carbocycles. The number of hydrogen-bond donors (Lipinski definition) is 1. The number of aryl methyl sites for hydroxylation is 1. The van der Waals surface area contributed by atoms with E-state index in [0.29, 0.717) is 0 Å². The minimum atomic E-state index is -0.425. The van der Waals surface area contributed by atoms with Crippen LogP contribution >= 0.6 is 0 Å². The van der Waals surface area contributed by atoms with Crippen LogP contribution in [0.3, 0.4) is 0 Å². The lowest BCUT2D eigenvalue weighted by Gasteiger charge is -2.28. The molecular weight excluding hydrogens is 192 g/mol. The molecule has 1 aromatic heterocycles. The molecule has 1 heterocycles. The van der Waals surface area contributed by atoms with Crippen molar-refractivity contribution in [3.8, 4) is 0 Å². The Morgan fingerprint density at radius 1 is 1.40 bits per heavy atom. The molecule has 1 fully saturated rings. The van der Waals surface area contributed by atoms with Gasteiger partial charge in [0.1, 0.15) is 0 Å². The summed E-state index contributed by atoms with van der Waals surface area (Å²) in [6, 6.07) is 3.09. The average molecular weight is 208 g/mol. The topological polar surface area (TPSA) is 55.1 Å². The number of hydrogen-bond acceptors (Lipinski definition) is 3. The van der Waals surface area contributed by atoms with E-state index in [1.807, 2.05) is 6.92 Å². The number of nitrogens with zero attached hydrogens (tertiary/aromatic N) is 2. The van der Waals surface area contributed by atoms with E-state index in [0.717, 1.165) is 31.4 Å². The summed E-state index contributed by atoms with van der Waals surface area (Å²) in [5.74, 6) is 0. The maximum atomic E-state index is 11.6. The van der Waals surface area contributed by atoms with E-state index >= 15 is 0 Å². The van der Waals surface area contributed by atoms with Crippen molar-refractivity contribution in [1.29, 1.82) is 0 Å². The van der Waals surface area contributed by atoms with E-state index in [1.165, 1.54) is 10.7 Å². The van der Waals surface area contributed by atoms with Gasteiger partial charge in [0.2, 0.25) is 0 Å². The second-order valence-corrected chi connectivity index (χ2v) is 4.18. The van der Waals surface area contributed by atoms with Crippen molar-refractivity contribution in [1.82, 2.24) is 9.78 Å². The van der Waals surface area contributed by atoms with E-state index in [-0.39, 0.29) is 11.6 Å². The van der Waals surface area contributed by atoms with Crippen LogP contribution in [0.1, 0.15) is 37.4 Å². The summed E-state index contributed by atoms with van der Waals surface area (Å²) in [5.41, 5.74) is 0.693. The predicted octanol–water partition coefficient (Wildman–Crippen LogP) is 1.03. The van der Waals surface area contributed by atoms with Gasteiger partial charge in [0.15, 0.2) is 0 Å². The van der Waals surface area contributed by atoms with E-state index in [9.17, 15) is 9.90 Å². The van der Waals surface area contributed by atoms with E-state index < -0.39 is 6.10 Å². The van der Waals surface area contributed by atoms with Crippen LogP contribution in [0.5, 0.6) is 0 Å². The molecule has 0 radical (unpaired) electrons. The molecular formula is C11H16N2O2. The highest BCUT2D eigenvalue weighted by atomic mass is 16.3. The molecule has 4 heteroatoms. The van der Waals surface area contributed by atoms with Gasteiger partial charge in [0.25, 0.3) is 5.56 Å². The monoisotopic (exact) mass is 208 g/mol. The molecule has 1 aliphatic rings. The van der Waals surface area contributed by atoms with E-state index in [4.69, 9.17) is 0 Å². The van der Waals surface area contributed by atoms with Crippen molar-refractivity contribution in [2.45, 2.75) is 44.8 Å². The van der Waals surface area contributed by atoms with Gasteiger partial charge in [0, 0.05) is 6.07 Å². The smallest absolute Gasteiger partial charge is 0.267 e. The van der Waals surface area contributed by atoms with Gasteiger partial charge in [-0.3, -0.25) is 4.79 Å². The zero-order valence-corrected chi connectivity index (χ0v) is 8.89. The Morgan fingerprint density at radius 2 is 2.13 bits per heavy atom. The zero-order valence-electron chi connectivity index (χ0n) is 8.89. The van der Waals surface area contributed by atoms with Crippen LogP contribution in [-0.4, -0.2) is 21.0 Å². The van der Waals surface area contributed by atoms with Crippen LogP contribution in [0.4, 0.5) is 0 Å². The van der Waals surface area contributed by atoms with Crippen LogP contribution in [0.25, 0.3) is 0 Å². The molecule has 2 atom stereocenters. The lowest BCUT2D eigenvalue weighted by atomic mass is 9.93. The normalized spacial score (nSPS) is 26.5. The SMILES string of the molecule is Cc1ccc(=O)n(C2CCCCC2O)n1. The third-order valence-electron chi connectivity index (χ3n) is 2.97. The Bertz CT molecular complexity index is 400. The first-order chi connectivity index (χ1) is 7.18. The van der Waals surface area contributed by atoms with Gasteiger partial charge in [-0.05, 0) is 25.8 Å². The second-order valence-electron chi connectivity index (χ2n) is 4.18. The van der Waals surface area contributed by atoms with Gasteiger partial charge in [0.05, 0.1) is 17.8 Å². The molecule has 82 valence electrons. The van der Waals surface area contributed by atoms with Crippen LogP contribution in [0.2, 0.25) is 0 Å². The molecule has 1 aliphatic carbocycles.